The highest BCUT2D eigenvalue weighted by Crippen LogP contribution is 2.77. The third kappa shape index (κ3) is 6.12. The molecule has 5 aliphatic rings. The summed E-state index contributed by atoms with van der Waals surface area (Å²) in [4.78, 5) is 28.0. The number of nitrogen functional groups attached to an aromatic ring is 1. The maximum absolute atomic E-state index is 16.6. The van der Waals surface area contributed by atoms with Gasteiger partial charge in [-0.1, -0.05) is 121 Å². The number of ether oxygens (including phenoxy) is 1. The molecule has 60 heavy (non-hydrogen) atoms. The van der Waals surface area contributed by atoms with Crippen LogP contribution in [0, 0.1) is 50.6 Å². The van der Waals surface area contributed by atoms with Gasteiger partial charge in [-0.25, -0.2) is 4.39 Å². The Balaban J connectivity index is 1.18. The average Bonchev–Trinajstić information content (AvgIpc) is 3.59. The molecule has 4 N–H and O–H groups in total. The number of halogens is 1. The summed E-state index contributed by atoms with van der Waals surface area (Å²) in [5.41, 5.74) is 13.0. The molecule has 0 bridgehead atoms. The fourth-order valence-electron chi connectivity index (χ4n) is 14.1. The second-order valence-corrected chi connectivity index (χ2v) is 21.3. The Bertz CT molecular complexity index is 2370. The van der Waals surface area contributed by atoms with Gasteiger partial charge in [0.15, 0.2) is 5.78 Å². The molecular formula is C52H63FN4O3. The number of hydrogen-bond donors (Lipinski definition) is 3. The number of aromatic amines is 1. The number of fused-ring (bicyclic) bond motifs is 8. The maximum Gasteiger partial charge on any atom is 0.313 e. The van der Waals surface area contributed by atoms with E-state index in [1.165, 1.54) is 16.8 Å². The largest absolute Gasteiger partial charge is 0.460 e. The lowest BCUT2D eigenvalue weighted by Gasteiger charge is -2.71. The van der Waals surface area contributed by atoms with Crippen LogP contribution in [0.3, 0.4) is 0 Å². The van der Waals surface area contributed by atoms with E-state index in [0.29, 0.717) is 23.0 Å². The molecule has 0 radical (unpaired) electrons. The van der Waals surface area contributed by atoms with E-state index in [-0.39, 0.29) is 69.6 Å². The Morgan fingerprint density at radius 2 is 1.58 bits per heavy atom. The number of ketones is 1. The molecule has 7 nitrogen and oxygen atoms in total. The zero-order chi connectivity index (χ0) is 42.5. The van der Waals surface area contributed by atoms with Crippen LogP contribution in [0.5, 0.6) is 0 Å². The second-order valence-electron chi connectivity index (χ2n) is 21.3. The number of nitrogens with zero attached hydrogens (tertiary/aromatic N) is 1. The van der Waals surface area contributed by atoms with Crippen LogP contribution in [0.1, 0.15) is 133 Å². The lowest BCUT2D eigenvalue weighted by molar-refractivity contribution is -0.181. The molecule has 0 aliphatic heterocycles. The van der Waals surface area contributed by atoms with Crippen LogP contribution in [0.2, 0.25) is 0 Å². The molecule has 1 heterocycles. The van der Waals surface area contributed by atoms with Gasteiger partial charge in [0.25, 0.3) is 0 Å². The molecule has 0 saturated heterocycles. The Morgan fingerprint density at radius 1 is 0.883 bits per heavy atom. The molecule has 3 unspecified atom stereocenters. The number of benzene rings is 3. The van der Waals surface area contributed by atoms with Crippen molar-refractivity contribution < 1.29 is 18.7 Å². The van der Waals surface area contributed by atoms with Crippen molar-refractivity contribution in [3.8, 4) is 0 Å². The summed E-state index contributed by atoms with van der Waals surface area (Å²) < 4.78 is 23.0. The van der Waals surface area contributed by atoms with Crippen molar-refractivity contribution >= 4 is 28.8 Å². The van der Waals surface area contributed by atoms with E-state index >= 15 is 4.39 Å². The fraction of sp³-hybridized carbons (Fsp3) is 0.519. The van der Waals surface area contributed by atoms with E-state index in [0.717, 1.165) is 74.5 Å². The van der Waals surface area contributed by atoms with Gasteiger partial charge in [0.1, 0.15) is 18.2 Å². The summed E-state index contributed by atoms with van der Waals surface area (Å²) >= 11 is 0. The molecule has 3 saturated carbocycles. The Kier molecular flexibility index (Phi) is 9.61. The third-order valence-electron chi connectivity index (χ3n) is 17.4. The van der Waals surface area contributed by atoms with Gasteiger partial charge in [-0.15, -0.1) is 0 Å². The number of esters is 1. The van der Waals surface area contributed by atoms with Crippen LogP contribution in [0.4, 0.5) is 15.9 Å². The second kappa shape index (κ2) is 14.2. The van der Waals surface area contributed by atoms with Gasteiger partial charge in [0, 0.05) is 22.2 Å². The molecule has 5 aliphatic carbocycles. The van der Waals surface area contributed by atoms with Crippen LogP contribution < -0.4 is 11.1 Å². The van der Waals surface area contributed by atoms with Crippen LogP contribution in [0.15, 0.2) is 84.4 Å². The number of anilines is 2. The van der Waals surface area contributed by atoms with Gasteiger partial charge in [-0.2, -0.15) is 5.10 Å². The zero-order valence-electron chi connectivity index (χ0n) is 36.6. The number of carbonyl (C=O) groups excluding carboxylic acids is 2. The van der Waals surface area contributed by atoms with Gasteiger partial charge >= 0.3 is 5.97 Å². The monoisotopic (exact) mass is 810 g/mol. The number of carbonyl (C=O) groups is 2. The van der Waals surface area contributed by atoms with Crippen molar-refractivity contribution in [1.29, 1.82) is 0 Å². The Hall–Kier alpha value is -4.72. The minimum absolute atomic E-state index is 0.00778. The average molecular weight is 811 g/mol. The van der Waals surface area contributed by atoms with Crippen molar-refractivity contribution in [3.05, 3.63) is 118 Å². The van der Waals surface area contributed by atoms with Gasteiger partial charge in [0.05, 0.1) is 17.6 Å². The van der Waals surface area contributed by atoms with Crippen molar-refractivity contribution in [2.75, 3.05) is 17.6 Å². The highest BCUT2D eigenvalue weighted by molar-refractivity contribution is 5.99. The van der Waals surface area contributed by atoms with E-state index in [1.54, 1.807) is 18.2 Å². The smallest absolute Gasteiger partial charge is 0.313 e. The summed E-state index contributed by atoms with van der Waals surface area (Å²) in [6, 6.07) is 24.7. The number of allylic oxidation sites excluding steroid dienone is 2. The number of rotatable bonds is 8. The predicted molar refractivity (Wildman–Crippen MR) is 236 cm³/mol. The molecule has 3 fully saturated rings. The molecule has 1 aromatic heterocycles. The normalized spacial score (nSPS) is 32.4. The van der Waals surface area contributed by atoms with Gasteiger partial charge in [-0.05, 0) is 126 Å². The van der Waals surface area contributed by atoms with E-state index in [1.807, 2.05) is 54.6 Å². The zero-order valence-corrected chi connectivity index (χ0v) is 36.6. The number of nitrogens with one attached hydrogen (secondary N) is 2. The summed E-state index contributed by atoms with van der Waals surface area (Å²) in [6.07, 6.45) is 8.01. The molecule has 3 aromatic carbocycles. The molecule has 0 amide bonds. The summed E-state index contributed by atoms with van der Waals surface area (Å²) in [5.74, 6) is 0.622. The number of Topliss-reactive ketones (excluding diaryl/α,β-unsaturated/α-hetero) is 1. The van der Waals surface area contributed by atoms with Crippen LogP contribution in [-0.2, 0) is 28.0 Å². The van der Waals surface area contributed by atoms with Gasteiger partial charge in [-0.3, -0.25) is 14.7 Å². The number of H-pyrrole nitrogens is 1. The third-order valence-corrected chi connectivity index (χ3v) is 17.4. The first-order chi connectivity index (χ1) is 28.4. The molecule has 7 atom stereocenters. The summed E-state index contributed by atoms with van der Waals surface area (Å²) in [6.45, 7) is 17.3. The first-order valence-electron chi connectivity index (χ1n) is 22.3. The molecule has 0 spiro atoms. The van der Waals surface area contributed by atoms with Crippen LogP contribution >= 0.6 is 0 Å². The van der Waals surface area contributed by atoms with Crippen molar-refractivity contribution in [2.45, 2.75) is 118 Å². The maximum atomic E-state index is 16.6. The van der Waals surface area contributed by atoms with E-state index in [9.17, 15) is 9.59 Å². The molecule has 4 aromatic rings. The molecule has 9 rings (SSSR count). The molecule has 316 valence electrons. The van der Waals surface area contributed by atoms with Crippen molar-refractivity contribution in [1.82, 2.24) is 10.2 Å². The quantitative estimate of drug-likeness (QED) is 0.121. The van der Waals surface area contributed by atoms with Crippen LogP contribution in [0.25, 0.3) is 5.57 Å². The van der Waals surface area contributed by atoms with E-state index in [4.69, 9.17) is 10.5 Å². The van der Waals surface area contributed by atoms with Crippen LogP contribution in [-0.4, -0.2) is 28.5 Å². The summed E-state index contributed by atoms with van der Waals surface area (Å²) in [7, 11) is 0. The first kappa shape index (κ1) is 40.7. The minimum Gasteiger partial charge on any atom is -0.460 e. The molecular weight excluding hydrogens is 748 g/mol. The Labute approximate surface area is 355 Å². The van der Waals surface area contributed by atoms with Gasteiger partial charge in [0.2, 0.25) is 0 Å². The first-order valence-corrected chi connectivity index (χ1v) is 22.3. The van der Waals surface area contributed by atoms with E-state index in [2.05, 4.69) is 70.0 Å². The SMILES string of the molecule is CC1(C)CC[C@]2(C(=O)OCc3ccccc3)CC[C@]3(C)C(=C(c4ccc(NCC(=O)c5ccccc5)c(F)c4)CC4[C@@]5(C)Cc6c(N)n[nH]c6C(C)(C)C5CC[C@]43C)C2C1. The lowest BCUT2D eigenvalue weighted by atomic mass is 9.33. The summed E-state index contributed by atoms with van der Waals surface area (Å²) in [5, 5.41) is 11.0. The number of aromatic nitrogens is 2. The number of nitrogens with two attached hydrogens (primary N) is 1. The Morgan fingerprint density at radius 3 is 2.30 bits per heavy atom. The van der Waals surface area contributed by atoms with Gasteiger partial charge < -0.3 is 15.8 Å². The van der Waals surface area contributed by atoms with E-state index < -0.39 is 5.41 Å². The minimum atomic E-state index is -0.667. The predicted octanol–water partition coefficient (Wildman–Crippen LogP) is 11.5. The standard InChI is InChI=1S/C52H63FN4O3/c1-47(2)22-24-52(46(59)60-31-32-14-10-8-11-15-32)25-23-51(7)43(37(52)29-47)35(34-18-19-39(38(53)26-34)55-30-40(58)33-16-12-9-13-17-33)27-42-49(5)28-36-44(56-57-45(36)54)48(3,4)41(49)20-21-50(42,51)6/h8-19,26,37,41-42,55H,20-25,27-31H2,1-7H3,(H3,54,56,57)/t37?,41?,42?,49-,50+,51+,52-/m0/s1. The van der Waals surface area contributed by atoms with Crippen molar-refractivity contribution in [2.24, 2.45) is 44.8 Å². The highest BCUT2D eigenvalue weighted by atomic mass is 19.1. The van der Waals surface area contributed by atoms with Crippen molar-refractivity contribution in [3.63, 3.8) is 0 Å². The highest BCUT2D eigenvalue weighted by Gasteiger charge is 2.70. The molecule has 8 heteroatoms. The topological polar surface area (TPSA) is 110 Å². The fourth-order valence-corrected chi connectivity index (χ4v) is 14.1. The lowest BCUT2D eigenvalue weighted by Crippen LogP contribution is -2.65. The number of hydrogen-bond acceptors (Lipinski definition) is 6.